The number of nitrogens with one attached hydrogen (secondary N) is 1. The summed E-state index contributed by atoms with van der Waals surface area (Å²) in [6, 6.07) is 9.61. The summed E-state index contributed by atoms with van der Waals surface area (Å²) >= 11 is 3.65. The summed E-state index contributed by atoms with van der Waals surface area (Å²) < 4.78 is 1.21. The first-order chi connectivity index (χ1) is 9.84. The van der Waals surface area contributed by atoms with Gasteiger partial charge in [-0.05, 0) is 36.5 Å². The van der Waals surface area contributed by atoms with Crippen LogP contribution >= 0.6 is 40.7 Å². The van der Waals surface area contributed by atoms with Crippen molar-refractivity contribution in [1.29, 1.82) is 0 Å². The smallest absolute Gasteiger partial charge is 0.0377 e. The van der Waals surface area contributed by atoms with Crippen LogP contribution in [0.5, 0.6) is 0 Å². The molecule has 0 amide bonds. The van der Waals surface area contributed by atoms with E-state index in [1.165, 1.54) is 55.2 Å². The van der Waals surface area contributed by atoms with Crippen molar-refractivity contribution in [2.45, 2.75) is 38.1 Å². The van der Waals surface area contributed by atoms with Gasteiger partial charge in [-0.2, -0.15) is 0 Å². The number of piperazine rings is 1. The van der Waals surface area contributed by atoms with Crippen LogP contribution in [0.15, 0.2) is 28.7 Å². The molecule has 22 heavy (non-hydrogen) atoms. The fourth-order valence-electron chi connectivity index (χ4n) is 3.88. The average molecular weight is 410 g/mol. The third-order valence-corrected chi connectivity index (χ3v) is 5.32. The van der Waals surface area contributed by atoms with Gasteiger partial charge < -0.3 is 5.32 Å². The molecule has 0 radical (unpaired) electrons. The molecule has 0 aromatic heterocycles. The van der Waals surface area contributed by atoms with E-state index in [1.807, 2.05) is 0 Å². The number of benzene rings is 1. The van der Waals surface area contributed by atoms with Crippen LogP contribution in [0, 0.1) is 5.92 Å². The monoisotopic (exact) mass is 408 g/mol. The normalized spacial score (nSPS) is 21.5. The Morgan fingerprint density at radius 2 is 1.73 bits per heavy atom. The third-order valence-electron chi connectivity index (χ3n) is 4.83. The Bertz CT molecular complexity index is 414. The van der Waals surface area contributed by atoms with Gasteiger partial charge in [0.2, 0.25) is 0 Å². The number of rotatable bonds is 3. The van der Waals surface area contributed by atoms with E-state index in [0.717, 1.165) is 19.0 Å². The van der Waals surface area contributed by atoms with Crippen molar-refractivity contribution in [3.05, 3.63) is 34.3 Å². The minimum Gasteiger partial charge on any atom is -0.314 e. The zero-order valence-electron chi connectivity index (χ0n) is 13.0. The molecule has 3 rings (SSSR count). The highest BCUT2D eigenvalue weighted by molar-refractivity contribution is 9.10. The second kappa shape index (κ2) is 10.1. The summed E-state index contributed by atoms with van der Waals surface area (Å²) in [6.07, 6.45) is 7.08. The van der Waals surface area contributed by atoms with Crippen molar-refractivity contribution >= 4 is 40.7 Å². The van der Waals surface area contributed by atoms with Gasteiger partial charge in [-0.3, -0.25) is 4.90 Å². The van der Waals surface area contributed by atoms with E-state index < -0.39 is 0 Å². The van der Waals surface area contributed by atoms with Gasteiger partial charge >= 0.3 is 0 Å². The van der Waals surface area contributed by atoms with Crippen LogP contribution in [0.25, 0.3) is 0 Å². The van der Waals surface area contributed by atoms with E-state index in [9.17, 15) is 0 Å². The van der Waals surface area contributed by atoms with E-state index >= 15 is 0 Å². The van der Waals surface area contributed by atoms with E-state index in [2.05, 4.69) is 50.4 Å². The highest BCUT2D eigenvalue weighted by Gasteiger charge is 2.30. The summed E-state index contributed by atoms with van der Waals surface area (Å²) in [5.74, 6) is 0.844. The topological polar surface area (TPSA) is 15.3 Å². The van der Waals surface area contributed by atoms with Gasteiger partial charge in [-0.15, -0.1) is 24.8 Å². The van der Waals surface area contributed by atoms with Gasteiger partial charge in [0.1, 0.15) is 0 Å². The minimum atomic E-state index is 0. The molecule has 5 heteroatoms. The average Bonchev–Trinajstić information content (AvgIpc) is 2.50. The zero-order valence-corrected chi connectivity index (χ0v) is 16.2. The molecule has 2 fully saturated rings. The Kier molecular flexibility index (Phi) is 9.34. The van der Waals surface area contributed by atoms with E-state index in [4.69, 9.17) is 0 Å². The molecular formula is C17H27BrCl2N2. The van der Waals surface area contributed by atoms with Crippen LogP contribution in [0.4, 0.5) is 0 Å². The van der Waals surface area contributed by atoms with Crippen LogP contribution in [-0.2, 0) is 0 Å². The Hall–Kier alpha value is 0.200. The van der Waals surface area contributed by atoms with Gasteiger partial charge in [0.25, 0.3) is 0 Å². The Morgan fingerprint density at radius 1 is 1.05 bits per heavy atom. The first kappa shape index (κ1) is 20.2. The first-order valence-electron chi connectivity index (χ1n) is 8.05. The van der Waals surface area contributed by atoms with Gasteiger partial charge in [0.05, 0.1) is 0 Å². The molecule has 1 aliphatic heterocycles. The maximum absolute atomic E-state index is 3.65. The molecule has 2 nitrogen and oxygen atoms in total. The maximum atomic E-state index is 3.65. The molecular weight excluding hydrogens is 383 g/mol. The molecule has 1 N–H and O–H groups in total. The Balaban J connectivity index is 0.00000121. The van der Waals surface area contributed by atoms with Gasteiger partial charge in [0.15, 0.2) is 0 Å². The lowest BCUT2D eigenvalue weighted by Crippen LogP contribution is -2.47. The number of nitrogens with zero attached hydrogens (tertiary/aromatic N) is 1. The van der Waals surface area contributed by atoms with Crippen LogP contribution in [0.2, 0.25) is 0 Å². The second-order valence-electron chi connectivity index (χ2n) is 6.18. The predicted octanol–water partition coefficient (Wildman–Crippen LogP) is 4.82. The van der Waals surface area contributed by atoms with E-state index in [1.54, 1.807) is 0 Å². The standard InChI is InChI=1S/C17H25BrN2.2ClH/c18-16-8-4-7-15(13-16)17(14-5-2-1-3-6-14)20-11-9-19-10-12-20;;/h4,7-8,13-14,17,19H,1-3,5-6,9-12H2;2*1H/t17-;;/m0../s1. The molecule has 1 saturated heterocycles. The van der Waals surface area contributed by atoms with Crippen LogP contribution in [0.3, 0.4) is 0 Å². The summed E-state index contributed by atoms with van der Waals surface area (Å²) in [6.45, 7) is 4.65. The van der Waals surface area contributed by atoms with Gasteiger partial charge in [0, 0.05) is 36.7 Å². The molecule has 126 valence electrons. The maximum Gasteiger partial charge on any atom is 0.0377 e. The van der Waals surface area contributed by atoms with E-state index in [0.29, 0.717) is 6.04 Å². The van der Waals surface area contributed by atoms with E-state index in [-0.39, 0.29) is 24.8 Å². The summed E-state index contributed by atoms with van der Waals surface area (Å²) in [5.41, 5.74) is 1.51. The van der Waals surface area contributed by atoms with Crippen molar-refractivity contribution in [2.75, 3.05) is 26.2 Å². The lowest BCUT2D eigenvalue weighted by molar-refractivity contribution is 0.103. The molecule has 1 saturated carbocycles. The molecule has 2 aliphatic rings. The SMILES string of the molecule is Brc1cccc([C@H](C2CCCCC2)N2CCNCC2)c1.Cl.Cl. The lowest BCUT2D eigenvalue weighted by atomic mass is 9.80. The minimum absolute atomic E-state index is 0. The van der Waals surface area contributed by atoms with Crippen LogP contribution in [0.1, 0.15) is 43.7 Å². The largest absolute Gasteiger partial charge is 0.314 e. The molecule has 1 aliphatic carbocycles. The van der Waals surface area contributed by atoms with Gasteiger partial charge in [-0.1, -0.05) is 47.3 Å². The Labute approximate surface area is 155 Å². The number of hydrogen-bond donors (Lipinski definition) is 1. The van der Waals surface area contributed by atoms with Crippen LogP contribution in [-0.4, -0.2) is 31.1 Å². The highest BCUT2D eigenvalue weighted by atomic mass is 79.9. The molecule has 1 aromatic carbocycles. The Morgan fingerprint density at radius 3 is 2.36 bits per heavy atom. The zero-order chi connectivity index (χ0) is 13.8. The first-order valence-corrected chi connectivity index (χ1v) is 8.84. The fraction of sp³-hybridized carbons (Fsp3) is 0.647. The van der Waals surface area contributed by atoms with Crippen molar-refractivity contribution < 1.29 is 0 Å². The number of halogens is 3. The number of hydrogen-bond acceptors (Lipinski definition) is 2. The summed E-state index contributed by atoms with van der Waals surface area (Å²) in [4.78, 5) is 2.72. The quantitative estimate of drug-likeness (QED) is 0.769. The summed E-state index contributed by atoms with van der Waals surface area (Å²) in [7, 11) is 0. The second-order valence-corrected chi connectivity index (χ2v) is 7.10. The molecule has 0 spiro atoms. The van der Waals surface area contributed by atoms with Crippen molar-refractivity contribution in [1.82, 2.24) is 10.2 Å². The highest BCUT2D eigenvalue weighted by Crippen LogP contribution is 2.39. The molecule has 1 heterocycles. The van der Waals surface area contributed by atoms with Gasteiger partial charge in [-0.25, -0.2) is 0 Å². The van der Waals surface area contributed by atoms with Crippen molar-refractivity contribution in [2.24, 2.45) is 5.92 Å². The van der Waals surface area contributed by atoms with Crippen molar-refractivity contribution in [3.8, 4) is 0 Å². The summed E-state index contributed by atoms with van der Waals surface area (Å²) in [5, 5.41) is 3.48. The van der Waals surface area contributed by atoms with Crippen LogP contribution < -0.4 is 5.32 Å². The third kappa shape index (κ3) is 5.10. The molecule has 1 atom stereocenters. The predicted molar refractivity (Wildman–Crippen MR) is 102 cm³/mol. The fourth-order valence-corrected chi connectivity index (χ4v) is 4.30. The molecule has 0 unspecified atom stereocenters. The molecule has 0 bridgehead atoms. The van der Waals surface area contributed by atoms with Crippen molar-refractivity contribution in [3.63, 3.8) is 0 Å². The molecule has 1 aromatic rings. The lowest BCUT2D eigenvalue weighted by Gasteiger charge is -2.41.